The van der Waals surface area contributed by atoms with E-state index in [4.69, 9.17) is 5.26 Å². The Bertz CT molecular complexity index is 705. The molecule has 0 amide bonds. The summed E-state index contributed by atoms with van der Waals surface area (Å²) in [4.78, 5) is 10.4. The molecule has 20 heavy (non-hydrogen) atoms. The van der Waals surface area contributed by atoms with Gasteiger partial charge in [-0.15, -0.1) is 10.2 Å². The number of hydrogen-bond acceptors (Lipinski definition) is 7. The SMILES string of the molecule is N#CC(=CNc1ccc(I)c([N+](=O)[O-])c1)c1nn[nH]n1. The van der Waals surface area contributed by atoms with E-state index in [1.807, 2.05) is 28.7 Å². The van der Waals surface area contributed by atoms with Crippen LogP contribution in [-0.2, 0) is 0 Å². The molecule has 10 heteroatoms. The average molecular weight is 383 g/mol. The number of hydrogen-bond donors (Lipinski definition) is 2. The Hall–Kier alpha value is -2.55. The predicted molar refractivity (Wildman–Crippen MR) is 77.2 cm³/mol. The Morgan fingerprint density at radius 2 is 2.40 bits per heavy atom. The van der Waals surface area contributed by atoms with Crippen LogP contribution in [0, 0.1) is 25.0 Å². The zero-order valence-electron chi connectivity index (χ0n) is 9.74. The minimum Gasteiger partial charge on any atom is -0.360 e. The number of nitrogens with one attached hydrogen (secondary N) is 2. The molecule has 1 aromatic heterocycles. The molecule has 0 fully saturated rings. The van der Waals surface area contributed by atoms with Gasteiger partial charge >= 0.3 is 0 Å². The van der Waals surface area contributed by atoms with Crippen molar-refractivity contribution in [2.45, 2.75) is 0 Å². The quantitative estimate of drug-likeness (QED) is 0.355. The number of nitriles is 1. The summed E-state index contributed by atoms with van der Waals surface area (Å²) in [7, 11) is 0. The fourth-order valence-electron chi connectivity index (χ4n) is 1.32. The van der Waals surface area contributed by atoms with Gasteiger partial charge < -0.3 is 5.32 Å². The number of allylic oxidation sites excluding steroid dienone is 1. The Labute approximate surface area is 126 Å². The van der Waals surface area contributed by atoms with Crippen LogP contribution in [0.15, 0.2) is 24.4 Å². The summed E-state index contributed by atoms with van der Waals surface area (Å²) in [5.41, 5.74) is 0.621. The third-order valence-electron chi connectivity index (χ3n) is 2.23. The molecule has 0 aliphatic heterocycles. The molecule has 0 atom stereocenters. The van der Waals surface area contributed by atoms with Crippen molar-refractivity contribution in [2.75, 3.05) is 5.32 Å². The molecule has 0 aliphatic carbocycles. The molecule has 1 aromatic carbocycles. The molecule has 100 valence electrons. The lowest BCUT2D eigenvalue weighted by atomic mass is 10.2. The molecule has 0 unspecified atom stereocenters. The summed E-state index contributed by atoms with van der Waals surface area (Å²) in [5.74, 6) is 0.139. The molecule has 9 nitrogen and oxygen atoms in total. The molecule has 0 saturated carbocycles. The lowest BCUT2D eigenvalue weighted by Crippen LogP contribution is -1.96. The Balaban J connectivity index is 2.25. The molecule has 0 aliphatic rings. The monoisotopic (exact) mass is 383 g/mol. The molecule has 0 radical (unpaired) electrons. The van der Waals surface area contributed by atoms with Gasteiger partial charge in [-0.2, -0.15) is 10.5 Å². The first-order chi connectivity index (χ1) is 9.61. The zero-order valence-corrected chi connectivity index (χ0v) is 11.9. The van der Waals surface area contributed by atoms with Crippen LogP contribution in [0.5, 0.6) is 0 Å². The Morgan fingerprint density at radius 1 is 1.60 bits per heavy atom. The number of aromatic amines is 1. The van der Waals surface area contributed by atoms with E-state index in [1.54, 1.807) is 12.1 Å². The van der Waals surface area contributed by atoms with Crippen molar-refractivity contribution in [3.05, 3.63) is 43.9 Å². The standard InChI is InChI=1S/C10H6IN7O2/c11-8-2-1-7(3-9(8)18(19)20)13-5-6(4-12)10-14-16-17-15-10/h1-3,5,13H,(H,14,15,16,17). The van der Waals surface area contributed by atoms with Crippen molar-refractivity contribution in [3.63, 3.8) is 0 Å². The molecule has 2 N–H and O–H groups in total. The number of aromatic nitrogens is 4. The van der Waals surface area contributed by atoms with Crippen LogP contribution in [0.25, 0.3) is 5.57 Å². The molecular weight excluding hydrogens is 377 g/mol. The molecule has 1 heterocycles. The first kappa shape index (κ1) is 13.9. The number of benzene rings is 1. The minimum atomic E-state index is -0.471. The fraction of sp³-hybridized carbons (Fsp3) is 0. The van der Waals surface area contributed by atoms with E-state index < -0.39 is 4.92 Å². The highest BCUT2D eigenvalue weighted by atomic mass is 127. The van der Waals surface area contributed by atoms with Crippen molar-refractivity contribution in [3.8, 4) is 6.07 Å². The number of tetrazole rings is 1. The van der Waals surface area contributed by atoms with Gasteiger partial charge in [-0.25, -0.2) is 0 Å². The van der Waals surface area contributed by atoms with Gasteiger partial charge in [0.05, 0.1) is 8.49 Å². The number of H-pyrrole nitrogens is 1. The zero-order chi connectivity index (χ0) is 14.5. The number of nitro groups is 1. The second-order valence-electron chi connectivity index (χ2n) is 3.47. The van der Waals surface area contributed by atoms with Gasteiger partial charge in [0.2, 0.25) is 5.82 Å². The van der Waals surface area contributed by atoms with E-state index in [-0.39, 0.29) is 17.1 Å². The van der Waals surface area contributed by atoms with Crippen LogP contribution in [0.4, 0.5) is 11.4 Å². The number of nitro benzene ring substituents is 1. The van der Waals surface area contributed by atoms with Gasteiger partial charge in [0, 0.05) is 18.0 Å². The fourth-order valence-corrected chi connectivity index (χ4v) is 1.85. The van der Waals surface area contributed by atoms with Crippen LogP contribution in [-0.4, -0.2) is 25.5 Å². The van der Waals surface area contributed by atoms with Gasteiger partial charge in [-0.1, -0.05) is 0 Å². The minimum absolute atomic E-state index is 0.0120. The molecule has 0 spiro atoms. The third kappa shape index (κ3) is 3.06. The summed E-state index contributed by atoms with van der Waals surface area (Å²) in [6, 6.07) is 6.55. The largest absolute Gasteiger partial charge is 0.360 e. The summed E-state index contributed by atoms with van der Waals surface area (Å²) in [5, 5.41) is 35.5. The van der Waals surface area contributed by atoms with Crippen molar-refractivity contribution in [1.29, 1.82) is 5.26 Å². The second kappa shape index (κ2) is 6.06. The van der Waals surface area contributed by atoms with Crippen molar-refractivity contribution >= 4 is 39.5 Å². The van der Waals surface area contributed by atoms with E-state index in [9.17, 15) is 10.1 Å². The predicted octanol–water partition coefficient (Wildman–Crippen LogP) is 1.69. The van der Waals surface area contributed by atoms with Gasteiger partial charge in [0.15, 0.2) is 0 Å². The smallest absolute Gasteiger partial charge is 0.284 e. The highest BCUT2D eigenvalue weighted by Crippen LogP contribution is 2.24. The molecule has 2 aromatic rings. The van der Waals surface area contributed by atoms with Crippen LogP contribution in [0.1, 0.15) is 5.82 Å². The van der Waals surface area contributed by atoms with Crippen LogP contribution < -0.4 is 5.32 Å². The van der Waals surface area contributed by atoms with Crippen LogP contribution in [0.3, 0.4) is 0 Å². The molecule has 0 saturated heterocycles. The second-order valence-corrected chi connectivity index (χ2v) is 4.64. The van der Waals surface area contributed by atoms with E-state index in [2.05, 4.69) is 25.9 Å². The van der Waals surface area contributed by atoms with Gasteiger partial charge in [0.25, 0.3) is 5.69 Å². The van der Waals surface area contributed by atoms with Crippen molar-refractivity contribution in [2.24, 2.45) is 0 Å². The first-order valence-corrected chi connectivity index (χ1v) is 6.24. The molecule has 0 bridgehead atoms. The Morgan fingerprint density at radius 3 is 3.00 bits per heavy atom. The maximum absolute atomic E-state index is 10.8. The number of rotatable bonds is 4. The van der Waals surface area contributed by atoms with Gasteiger partial charge in [-0.3, -0.25) is 10.1 Å². The lowest BCUT2D eigenvalue weighted by Gasteiger charge is -2.02. The van der Waals surface area contributed by atoms with Gasteiger partial charge in [-0.05, 0) is 39.9 Å². The van der Waals surface area contributed by atoms with E-state index in [0.717, 1.165) is 0 Å². The van der Waals surface area contributed by atoms with E-state index in [1.165, 1.54) is 12.3 Å². The number of nitrogens with zero attached hydrogens (tertiary/aromatic N) is 5. The maximum Gasteiger partial charge on any atom is 0.284 e. The first-order valence-electron chi connectivity index (χ1n) is 5.16. The summed E-state index contributed by atoms with van der Waals surface area (Å²) in [6.45, 7) is 0. The Kier molecular flexibility index (Phi) is 4.20. The maximum atomic E-state index is 10.8. The summed E-state index contributed by atoms with van der Waals surface area (Å²) in [6.07, 6.45) is 1.36. The van der Waals surface area contributed by atoms with Crippen molar-refractivity contribution in [1.82, 2.24) is 20.6 Å². The van der Waals surface area contributed by atoms with Crippen LogP contribution >= 0.6 is 22.6 Å². The number of halogens is 1. The average Bonchev–Trinajstić information content (AvgIpc) is 2.95. The van der Waals surface area contributed by atoms with E-state index in [0.29, 0.717) is 9.26 Å². The summed E-state index contributed by atoms with van der Waals surface area (Å²) < 4.78 is 0.529. The van der Waals surface area contributed by atoms with Crippen LogP contribution in [0.2, 0.25) is 0 Å². The molecule has 2 rings (SSSR count). The highest BCUT2D eigenvalue weighted by Gasteiger charge is 2.12. The number of anilines is 1. The lowest BCUT2D eigenvalue weighted by molar-refractivity contribution is -0.385. The highest BCUT2D eigenvalue weighted by molar-refractivity contribution is 14.1. The normalized spacial score (nSPS) is 10.9. The summed E-state index contributed by atoms with van der Waals surface area (Å²) >= 11 is 1.88. The van der Waals surface area contributed by atoms with E-state index >= 15 is 0 Å². The van der Waals surface area contributed by atoms with Gasteiger partial charge in [0.1, 0.15) is 11.6 Å². The molecular formula is C10H6IN7O2. The third-order valence-corrected chi connectivity index (χ3v) is 3.14. The topological polar surface area (TPSA) is 133 Å². The van der Waals surface area contributed by atoms with Crippen molar-refractivity contribution < 1.29 is 4.92 Å².